The van der Waals surface area contributed by atoms with Crippen molar-refractivity contribution in [3.8, 4) is 0 Å². The van der Waals surface area contributed by atoms with Crippen molar-refractivity contribution in [2.45, 2.75) is 26.2 Å². The van der Waals surface area contributed by atoms with Crippen LogP contribution in [0.5, 0.6) is 0 Å². The highest BCUT2D eigenvalue weighted by Crippen LogP contribution is 2.47. The largest absolute Gasteiger partial charge is 0.349 e. The maximum Gasteiger partial charge on any atom is 0.0910 e. The van der Waals surface area contributed by atoms with E-state index in [2.05, 4.69) is 105 Å². The van der Waals surface area contributed by atoms with Crippen molar-refractivity contribution in [3.63, 3.8) is 0 Å². The normalized spacial score (nSPS) is 17.1. The molecule has 0 amide bonds. The molecule has 5 aromatic rings. The molecule has 4 heteroatoms. The second kappa shape index (κ2) is 6.73. The Morgan fingerprint density at radius 2 is 0.722 bits per heavy atom. The predicted molar refractivity (Wildman–Crippen MR) is 149 cm³/mol. The van der Waals surface area contributed by atoms with Gasteiger partial charge in [-0.1, -0.05) is 60.7 Å². The molecule has 0 fully saturated rings. The van der Waals surface area contributed by atoms with E-state index < -0.39 is 0 Å². The minimum Gasteiger partial charge on any atom is -0.349 e. The van der Waals surface area contributed by atoms with Crippen molar-refractivity contribution in [1.82, 2.24) is 0 Å². The molecule has 9 rings (SSSR count). The van der Waals surface area contributed by atoms with E-state index in [1.54, 1.807) is 0 Å². The summed E-state index contributed by atoms with van der Waals surface area (Å²) < 4.78 is 0. The minimum absolute atomic E-state index is 0.972. The molecule has 0 aromatic heterocycles. The van der Waals surface area contributed by atoms with Crippen molar-refractivity contribution >= 4 is 44.3 Å². The number of fused-ring (bicyclic) bond motifs is 17. The molecule has 4 bridgehead atoms. The summed E-state index contributed by atoms with van der Waals surface area (Å²) in [5, 5.41) is 5.45. The predicted octanol–water partition coefficient (Wildman–Crippen LogP) is 6.59. The summed E-state index contributed by atoms with van der Waals surface area (Å²) in [4.78, 5) is 10.4. The number of anilines is 4. The van der Waals surface area contributed by atoms with Gasteiger partial charge in [-0.2, -0.15) is 0 Å². The Labute approximate surface area is 210 Å². The highest BCUT2D eigenvalue weighted by atomic mass is 15.4. The van der Waals surface area contributed by atoms with E-state index in [1.165, 1.54) is 66.5 Å². The zero-order valence-electron chi connectivity index (χ0n) is 20.1. The first-order valence-electron chi connectivity index (χ1n) is 13.0. The van der Waals surface area contributed by atoms with Gasteiger partial charge in [-0.25, -0.2) is 0 Å². The average molecular weight is 467 g/mol. The molecule has 4 aliphatic heterocycles. The molecule has 5 aromatic carbocycles. The van der Waals surface area contributed by atoms with E-state index in [0.29, 0.717) is 0 Å². The number of nitrogens with zero attached hydrogens (tertiary/aromatic N) is 4. The summed E-state index contributed by atoms with van der Waals surface area (Å²) in [7, 11) is 0. The molecular weight excluding hydrogens is 440 g/mol. The number of benzene rings is 5. The van der Waals surface area contributed by atoms with E-state index in [-0.39, 0.29) is 0 Å². The Hall–Kier alpha value is -4.18. The van der Waals surface area contributed by atoms with Crippen molar-refractivity contribution in [2.24, 2.45) is 0 Å². The Morgan fingerprint density at radius 1 is 0.361 bits per heavy atom. The third-order valence-electron chi connectivity index (χ3n) is 8.85. The molecule has 0 saturated heterocycles. The first kappa shape index (κ1) is 19.1. The molecule has 4 aliphatic rings. The Balaban J connectivity index is 1.16. The van der Waals surface area contributed by atoms with Crippen LogP contribution in [0.15, 0.2) is 84.9 Å². The van der Waals surface area contributed by atoms with Gasteiger partial charge in [0.2, 0.25) is 0 Å². The molecule has 0 N–H and O–H groups in total. The van der Waals surface area contributed by atoms with Gasteiger partial charge >= 0.3 is 0 Å². The SMILES string of the molecule is c1ccc2c3c(ccc2c1)N1Cc2c(ccc4c2CN2CN4Cc4c2ccc2ccccc42)N(C3)C1. The van der Waals surface area contributed by atoms with Crippen molar-refractivity contribution in [3.05, 3.63) is 107 Å². The zero-order valence-corrected chi connectivity index (χ0v) is 20.1. The number of hydrogen-bond donors (Lipinski definition) is 0. The van der Waals surface area contributed by atoms with Crippen LogP contribution in [-0.2, 0) is 26.2 Å². The van der Waals surface area contributed by atoms with Crippen molar-refractivity contribution in [1.29, 1.82) is 0 Å². The molecule has 0 saturated carbocycles. The lowest BCUT2D eigenvalue weighted by atomic mass is 9.91. The second-order valence-corrected chi connectivity index (χ2v) is 10.7. The molecule has 0 atom stereocenters. The van der Waals surface area contributed by atoms with E-state index in [1.807, 2.05) is 0 Å². The Morgan fingerprint density at radius 3 is 1.19 bits per heavy atom. The van der Waals surface area contributed by atoms with Gasteiger partial charge in [0.15, 0.2) is 0 Å². The van der Waals surface area contributed by atoms with Crippen LogP contribution >= 0.6 is 0 Å². The van der Waals surface area contributed by atoms with Gasteiger partial charge in [0.05, 0.1) is 13.3 Å². The van der Waals surface area contributed by atoms with Crippen LogP contribution in [0.2, 0.25) is 0 Å². The van der Waals surface area contributed by atoms with Crippen LogP contribution < -0.4 is 19.6 Å². The first-order valence-corrected chi connectivity index (χ1v) is 13.0. The Kier molecular flexibility index (Phi) is 3.56. The number of hydrogen-bond acceptors (Lipinski definition) is 4. The smallest absolute Gasteiger partial charge is 0.0910 e. The van der Waals surface area contributed by atoms with E-state index in [9.17, 15) is 0 Å². The molecule has 174 valence electrons. The number of rotatable bonds is 0. The summed E-state index contributed by atoms with van der Waals surface area (Å²) in [6, 6.07) is 31.7. The van der Waals surface area contributed by atoms with Gasteiger partial charge in [0.1, 0.15) is 0 Å². The quantitative estimate of drug-likeness (QED) is 0.255. The Bertz CT molecular complexity index is 1610. The van der Waals surface area contributed by atoms with E-state index in [0.717, 1.165) is 39.5 Å². The third-order valence-corrected chi connectivity index (χ3v) is 8.85. The van der Waals surface area contributed by atoms with Gasteiger partial charge in [-0.05, 0) is 45.8 Å². The monoisotopic (exact) mass is 466 g/mol. The van der Waals surface area contributed by atoms with Gasteiger partial charge in [-0.3, -0.25) is 0 Å². The molecular formula is C32H26N4. The van der Waals surface area contributed by atoms with Crippen molar-refractivity contribution < 1.29 is 0 Å². The van der Waals surface area contributed by atoms with Crippen molar-refractivity contribution in [2.75, 3.05) is 32.9 Å². The highest BCUT2D eigenvalue weighted by molar-refractivity contribution is 5.93. The topological polar surface area (TPSA) is 13.0 Å². The molecule has 4 nitrogen and oxygen atoms in total. The maximum atomic E-state index is 2.59. The fourth-order valence-electron chi connectivity index (χ4n) is 7.21. The van der Waals surface area contributed by atoms with Gasteiger partial charge in [0, 0.05) is 71.2 Å². The van der Waals surface area contributed by atoms with E-state index in [4.69, 9.17) is 0 Å². The summed E-state index contributed by atoms with van der Waals surface area (Å²) in [5.41, 5.74) is 11.6. The van der Waals surface area contributed by atoms with Gasteiger partial charge in [0.25, 0.3) is 0 Å². The maximum absolute atomic E-state index is 2.59. The summed E-state index contributed by atoms with van der Waals surface area (Å²) in [5.74, 6) is 0. The molecule has 0 radical (unpaired) electrons. The lowest BCUT2D eigenvalue weighted by molar-refractivity contribution is 0.622. The first-order chi connectivity index (χ1) is 17.8. The average Bonchev–Trinajstić information content (AvgIpc) is 2.93. The lowest BCUT2D eigenvalue weighted by Gasteiger charge is -2.49. The zero-order chi connectivity index (χ0) is 23.4. The standard InChI is InChI=1S/C32H26N4/c1-3-7-23-21(5-1)9-11-29-25(23)15-33-19-35(29)17-27-28-18-36-20-34(32(28)14-13-31(27)33)16-26-24-8-4-2-6-22(24)10-12-30(26)36/h1-14H,15-20H2. The molecule has 36 heavy (non-hydrogen) atoms. The minimum atomic E-state index is 0.972. The molecule has 0 spiro atoms. The summed E-state index contributed by atoms with van der Waals surface area (Å²) >= 11 is 0. The second-order valence-electron chi connectivity index (χ2n) is 10.7. The fraction of sp³-hybridized carbons (Fsp3) is 0.188. The lowest BCUT2D eigenvalue weighted by Crippen LogP contribution is -2.49. The van der Waals surface area contributed by atoms with Gasteiger partial charge in [-0.15, -0.1) is 0 Å². The van der Waals surface area contributed by atoms with Crippen LogP contribution in [0.3, 0.4) is 0 Å². The molecule has 0 aliphatic carbocycles. The molecule has 4 heterocycles. The van der Waals surface area contributed by atoms with Gasteiger partial charge < -0.3 is 19.6 Å². The summed E-state index contributed by atoms with van der Waals surface area (Å²) in [6.45, 7) is 5.85. The fourth-order valence-corrected chi connectivity index (χ4v) is 7.21. The van der Waals surface area contributed by atoms with Crippen LogP contribution in [0.1, 0.15) is 22.3 Å². The summed E-state index contributed by atoms with van der Waals surface area (Å²) in [6.07, 6.45) is 0. The van der Waals surface area contributed by atoms with E-state index >= 15 is 0 Å². The van der Waals surface area contributed by atoms with Crippen LogP contribution in [0, 0.1) is 0 Å². The van der Waals surface area contributed by atoms with Crippen LogP contribution in [0.25, 0.3) is 21.5 Å². The highest BCUT2D eigenvalue weighted by Gasteiger charge is 2.36. The third kappa shape index (κ3) is 2.44. The van der Waals surface area contributed by atoms with Crippen LogP contribution in [-0.4, -0.2) is 13.3 Å². The van der Waals surface area contributed by atoms with Crippen LogP contribution in [0.4, 0.5) is 22.7 Å². The molecule has 0 unspecified atom stereocenters.